The summed E-state index contributed by atoms with van der Waals surface area (Å²) in [7, 11) is 2.20. The highest BCUT2D eigenvalue weighted by molar-refractivity contribution is 5.64. The molecule has 4 rings (SSSR count). The molecule has 0 aliphatic heterocycles. The first-order valence-corrected chi connectivity index (χ1v) is 10.7. The highest BCUT2D eigenvalue weighted by Crippen LogP contribution is 2.37. The summed E-state index contributed by atoms with van der Waals surface area (Å²) in [6, 6.07) is 19.1. The summed E-state index contributed by atoms with van der Waals surface area (Å²) in [5.74, 6) is 2.19. The highest BCUT2D eigenvalue weighted by atomic mass is 16.4. The Kier molecular flexibility index (Phi) is 5.96. The third kappa shape index (κ3) is 4.44. The molecule has 0 saturated heterocycles. The fourth-order valence-electron chi connectivity index (χ4n) is 4.18. The van der Waals surface area contributed by atoms with Gasteiger partial charge in [-0.1, -0.05) is 50.2 Å². The first-order valence-electron chi connectivity index (χ1n) is 10.7. The van der Waals surface area contributed by atoms with Crippen LogP contribution in [0.5, 0.6) is 0 Å². The second kappa shape index (κ2) is 8.81. The van der Waals surface area contributed by atoms with Crippen LogP contribution in [0.4, 0.5) is 0 Å². The highest BCUT2D eigenvalue weighted by Gasteiger charge is 2.32. The molecule has 30 heavy (non-hydrogen) atoms. The zero-order valence-corrected chi connectivity index (χ0v) is 17.9. The molecule has 2 atom stereocenters. The van der Waals surface area contributed by atoms with Crippen LogP contribution in [0, 0.1) is 11.3 Å². The molecule has 1 aliphatic carbocycles. The van der Waals surface area contributed by atoms with E-state index >= 15 is 0 Å². The van der Waals surface area contributed by atoms with E-state index in [-0.39, 0.29) is 5.92 Å². The molecule has 0 radical (unpaired) electrons. The van der Waals surface area contributed by atoms with E-state index in [4.69, 9.17) is 9.68 Å². The van der Waals surface area contributed by atoms with Gasteiger partial charge >= 0.3 is 0 Å². The Hall–Kier alpha value is -2.97. The number of rotatable bonds is 6. The van der Waals surface area contributed by atoms with Crippen molar-refractivity contribution in [1.82, 2.24) is 15.1 Å². The number of aromatic nitrogens is 2. The van der Waals surface area contributed by atoms with Crippen LogP contribution >= 0.6 is 0 Å². The molecule has 1 aromatic heterocycles. The Balaban J connectivity index is 1.35. The second-order valence-electron chi connectivity index (χ2n) is 8.60. The monoisotopic (exact) mass is 400 g/mol. The molecule has 1 fully saturated rings. The lowest BCUT2D eigenvalue weighted by Gasteiger charge is -2.24. The quantitative estimate of drug-likeness (QED) is 0.546. The van der Waals surface area contributed by atoms with E-state index in [0.29, 0.717) is 17.5 Å². The molecular weight excluding hydrogens is 372 g/mol. The molecule has 0 unspecified atom stereocenters. The van der Waals surface area contributed by atoms with Crippen molar-refractivity contribution >= 4 is 0 Å². The summed E-state index contributed by atoms with van der Waals surface area (Å²) in [6.45, 7) is 5.08. The lowest BCUT2D eigenvalue weighted by molar-refractivity contribution is 0.233. The molecule has 0 N–H and O–H groups in total. The van der Waals surface area contributed by atoms with Gasteiger partial charge in [-0.05, 0) is 55.1 Å². The summed E-state index contributed by atoms with van der Waals surface area (Å²) in [5.41, 5.74) is 4.29. The van der Waals surface area contributed by atoms with Gasteiger partial charge in [0.05, 0.1) is 11.6 Å². The largest absolute Gasteiger partial charge is 0.425 e. The maximum absolute atomic E-state index is 8.95. The minimum Gasteiger partial charge on any atom is -0.425 e. The Morgan fingerprint density at radius 1 is 1.03 bits per heavy atom. The van der Waals surface area contributed by atoms with Crippen LogP contribution in [0.2, 0.25) is 0 Å². The maximum atomic E-state index is 8.95. The van der Waals surface area contributed by atoms with Crippen LogP contribution in [0.25, 0.3) is 11.1 Å². The van der Waals surface area contributed by atoms with Gasteiger partial charge in [-0.2, -0.15) is 5.26 Å². The van der Waals surface area contributed by atoms with Gasteiger partial charge in [-0.3, -0.25) is 4.90 Å². The summed E-state index contributed by atoms with van der Waals surface area (Å²) in [6.07, 6.45) is 3.33. The lowest BCUT2D eigenvalue weighted by Crippen LogP contribution is -2.28. The van der Waals surface area contributed by atoms with E-state index in [1.807, 2.05) is 24.3 Å². The van der Waals surface area contributed by atoms with Crippen molar-refractivity contribution in [1.29, 1.82) is 5.26 Å². The summed E-state index contributed by atoms with van der Waals surface area (Å²) in [4.78, 5) is 2.44. The number of hydrogen-bond donors (Lipinski definition) is 0. The molecule has 0 spiro atoms. The number of nitrogens with zero attached hydrogens (tertiary/aromatic N) is 4. The molecule has 0 amide bonds. The van der Waals surface area contributed by atoms with Gasteiger partial charge in [0, 0.05) is 24.4 Å². The summed E-state index contributed by atoms with van der Waals surface area (Å²) in [5, 5.41) is 17.4. The topological polar surface area (TPSA) is 66.0 Å². The summed E-state index contributed by atoms with van der Waals surface area (Å²) < 4.78 is 5.89. The molecule has 3 aromatic rings. The minimum atomic E-state index is 0.276. The van der Waals surface area contributed by atoms with Crippen LogP contribution in [-0.4, -0.2) is 28.2 Å². The standard InChI is InChI=1S/C25H28N4O/c1-17(2)24-27-28-25(30-24)22-12-13-23(14-22)29(3)16-19-6-10-21(11-7-19)20-8-4-18(15-26)5-9-20/h4-11,17,22-23H,12-14,16H2,1-3H3/t22-,23+/m0/s1. The number of nitriles is 1. The van der Waals surface area contributed by atoms with Crippen LogP contribution in [0.3, 0.4) is 0 Å². The predicted octanol–water partition coefficient (Wildman–Crippen LogP) is 5.50. The second-order valence-corrected chi connectivity index (χ2v) is 8.60. The molecule has 5 heteroatoms. The van der Waals surface area contributed by atoms with Gasteiger partial charge < -0.3 is 4.42 Å². The number of benzene rings is 2. The predicted molar refractivity (Wildman–Crippen MR) is 117 cm³/mol. The van der Waals surface area contributed by atoms with Crippen LogP contribution < -0.4 is 0 Å². The third-order valence-electron chi connectivity index (χ3n) is 6.06. The van der Waals surface area contributed by atoms with Crippen molar-refractivity contribution in [3.05, 3.63) is 71.4 Å². The van der Waals surface area contributed by atoms with E-state index in [1.165, 1.54) is 11.1 Å². The lowest BCUT2D eigenvalue weighted by atomic mass is 10.0. The molecule has 5 nitrogen and oxygen atoms in total. The zero-order valence-electron chi connectivity index (χ0n) is 17.9. The van der Waals surface area contributed by atoms with E-state index < -0.39 is 0 Å². The third-order valence-corrected chi connectivity index (χ3v) is 6.06. The van der Waals surface area contributed by atoms with E-state index in [2.05, 4.69) is 66.3 Å². The van der Waals surface area contributed by atoms with Crippen molar-refractivity contribution in [2.45, 2.75) is 57.5 Å². The Labute approximate surface area is 178 Å². The van der Waals surface area contributed by atoms with Gasteiger partial charge in [0.2, 0.25) is 11.8 Å². The zero-order chi connectivity index (χ0) is 21.1. The van der Waals surface area contributed by atoms with Crippen LogP contribution in [0.1, 0.15) is 67.9 Å². The molecule has 1 aliphatic rings. The molecule has 0 bridgehead atoms. The van der Waals surface area contributed by atoms with Crippen molar-refractivity contribution in [2.75, 3.05) is 7.05 Å². The van der Waals surface area contributed by atoms with E-state index in [9.17, 15) is 0 Å². The van der Waals surface area contributed by atoms with E-state index in [1.54, 1.807) is 0 Å². The van der Waals surface area contributed by atoms with Gasteiger partial charge in [0.25, 0.3) is 0 Å². The van der Waals surface area contributed by atoms with Crippen molar-refractivity contribution < 1.29 is 4.42 Å². The Bertz CT molecular complexity index is 1010. The van der Waals surface area contributed by atoms with Gasteiger partial charge in [0.15, 0.2) is 0 Å². The van der Waals surface area contributed by atoms with Crippen molar-refractivity contribution in [2.24, 2.45) is 0 Å². The average molecular weight is 401 g/mol. The van der Waals surface area contributed by atoms with Gasteiger partial charge in [0.1, 0.15) is 0 Å². The first kappa shape index (κ1) is 20.3. The minimum absolute atomic E-state index is 0.276. The Morgan fingerprint density at radius 3 is 2.30 bits per heavy atom. The Morgan fingerprint density at radius 2 is 1.70 bits per heavy atom. The molecule has 1 saturated carbocycles. The normalized spacial score (nSPS) is 18.8. The first-order chi connectivity index (χ1) is 14.5. The van der Waals surface area contributed by atoms with Crippen LogP contribution in [-0.2, 0) is 6.54 Å². The van der Waals surface area contributed by atoms with Gasteiger partial charge in [-0.15, -0.1) is 10.2 Å². The molecular formula is C25H28N4O. The smallest absolute Gasteiger partial charge is 0.219 e. The van der Waals surface area contributed by atoms with Gasteiger partial charge in [-0.25, -0.2) is 0 Å². The van der Waals surface area contributed by atoms with Crippen molar-refractivity contribution in [3.8, 4) is 17.2 Å². The molecule has 2 aromatic carbocycles. The fourth-order valence-corrected chi connectivity index (χ4v) is 4.18. The van der Waals surface area contributed by atoms with Crippen molar-refractivity contribution in [3.63, 3.8) is 0 Å². The average Bonchev–Trinajstić information content (AvgIpc) is 3.44. The van der Waals surface area contributed by atoms with E-state index in [0.717, 1.165) is 43.2 Å². The number of hydrogen-bond acceptors (Lipinski definition) is 5. The summed E-state index contributed by atoms with van der Waals surface area (Å²) >= 11 is 0. The van der Waals surface area contributed by atoms with Crippen LogP contribution in [0.15, 0.2) is 52.9 Å². The SMILES string of the molecule is CC(C)c1nnc([C@H]2CC[C@@H](N(C)Cc3ccc(-c4ccc(C#N)cc4)cc3)C2)o1. The molecule has 1 heterocycles. The molecule has 154 valence electrons. The maximum Gasteiger partial charge on any atom is 0.219 e. The fraction of sp³-hybridized carbons (Fsp3) is 0.400.